The Morgan fingerprint density at radius 1 is 1.25 bits per heavy atom. The van der Waals surface area contributed by atoms with E-state index in [1.54, 1.807) is 12.1 Å². The van der Waals surface area contributed by atoms with Crippen LogP contribution in [0.5, 0.6) is 5.75 Å². The second-order valence-corrected chi connectivity index (χ2v) is 4.04. The van der Waals surface area contributed by atoms with E-state index >= 15 is 0 Å². The highest BCUT2D eigenvalue weighted by Gasteiger charge is 2.23. The molecule has 1 aromatic rings. The normalized spacial score (nSPS) is 19.6. The molecule has 4 heteroatoms. The lowest BCUT2D eigenvalue weighted by Crippen LogP contribution is -2.46. The highest BCUT2D eigenvalue weighted by atomic mass is 16.3. The molecule has 0 spiro atoms. The smallest absolute Gasteiger partial charge is 0.120 e. The molecule has 1 atom stereocenters. The standard InChI is InChI=1S/C12H18N2O2/c15-9-11(14-7-5-13-6-8-14)10-3-1-2-4-12(10)16/h1-4,11,13,15-16H,5-9H2/t11-/m0/s1. The first-order valence-corrected chi connectivity index (χ1v) is 5.66. The molecule has 0 aromatic heterocycles. The van der Waals surface area contributed by atoms with Gasteiger partial charge in [-0.05, 0) is 6.07 Å². The van der Waals surface area contributed by atoms with Crippen molar-refractivity contribution in [2.75, 3.05) is 32.8 Å². The summed E-state index contributed by atoms with van der Waals surface area (Å²) in [6.07, 6.45) is 0. The number of nitrogens with zero attached hydrogens (tertiary/aromatic N) is 1. The number of piperazine rings is 1. The van der Waals surface area contributed by atoms with Gasteiger partial charge in [-0.1, -0.05) is 18.2 Å². The van der Waals surface area contributed by atoms with Gasteiger partial charge in [0.05, 0.1) is 12.6 Å². The topological polar surface area (TPSA) is 55.7 Å². The van der Waals surface area contributed by atoms with Crippen LogP contribution in [0.15, 0.2) is 24.3 Å². The van der Waals surface area contributed by atoms with Crippen LogP contribution in [0.2, 0.25) is 0 Å². The lowest BCUT2D eigenvalue weighted by Gasteiger charge is -2.34. The fourth-order valence-corrected chi connectivity index (χ4v) is 2.17. The van der Waals surface area contributed by atoms with E-state index in [0.717, 1.165) is 31.7 Å². The average Bonchev–Trinajstić information content (AvgIpc) is 2.34. The molecule has 1 heterocycles. The number of hydrogen-bond acceptors (Lipinski definition) is 4. The molecule has 0 bridgehead atoms. The van der Waals surface area contributed by atoms with Crippen molar-refractivity contribution in [1.82, 2.24) is 10.2 Å². The molecule has 0 radical (unpaired) electrons. The summed E-state index contributed by atoms with van der Waals surface area (Å²) in [5.74, 6) is 0.264. The van der Waals surface area contributed by atoms with Crippen molar-refractivity contribution in [2.24, 2.45) is 0 Å². The van der Waals surface area contributed by atoms with Crippen molar-refractivity contribution >= 4 is 0 Å². The minimum atomic E-state index is -0.0942. The van der Waals surface area contributed by atoms with Crippen LogP contribution in [0, 0.1) is 0 Å². The Kier molecular flexibility index (Phi) is 3.77. The number of phenolic OH excluding ortho intramolecular Hbond substituents is 1. The van der Waals surface area contributed by atoms with E-state index in [-0.39, 0.29) is 18.4 Å². The van der Waals surface area contributed by atoms with E-state index < -0.39 is 0 Å². The molecule has 3 N–H and O–H groups in total. The molecule has 1 saturated heterocycles. The molecule has 0 unspecified atom stereocenters. The molecule has 1 fully saturated rings. The first-order valence-electron chi connectivity index (χ1n) is 5.66. The summed E-state index contributed by atoms with van der Waals surface area (Å²) in [6, 6.07) is 7.13. The van der Waals surface area contributed by atoms with Gasteiger partial charge in [0.15, 0.2) is 0 Å². The zero-order chi connectivity index (χ0) is 11.4. The fraction of sp³-hybridized carbons (Fsp3) is 0.500. The van der Waals surface area contributed by atoms with E-state index in [2.05, 4.69) is 10.2 Å². The monoisotopic (exact) mass is 222 g/mol. The van der Waals surface area contributed by atoms with Crippen molar-refractivity contribution < 1.29 is 10.2 Å². The Morgan fingerprint density at radius 2 is 1.94 bits per heavy atom. The molecule has 4 nitrogen and oxygen atoms in total. The average molecular weight is 222 g/mol. The predicted molar refractivity (Wildman–Crippen MR) is 62.4 cm³/mol. The molecule has 1 aliphatic rings. The van der Waals surface area contributed by atoms with Crippen LogP contribution in [0.3, 0.4) is 0 Å². The van der Waals surface area contributed by atoms with Gasteiger partial charge in [-0.2, -0.15) is 0 Å². The molecule has 2 rings (SSSR count). The van der Waals surface area contributed by atoms with E-state index in [1.165, 1.54) is 0 Å². The second-order valence-electron chi connectivity index (χ2n) is 4.04. The summed E-state index contributed by atoms with van der Waals surface area (Å²) < 4.78 is 0. The van der Waals surface area contributed by atoms with E-state index in [9.17, 15) is 10.2 Å². The van der Waals surface area contributed by atoms with Crippen molar-refractivity contribution in [2.45, 2.75) is 6.04 Å². The Labute approximate surface area is 95.5 Å². The Bertz CT molecular complexity index is 338. The molecular weight excluding hydrogens is 204 g/mol. The number of aromatic hydroxyl groups is 1. The van der Waals surface area contributed by atoms with E-state index in [0.29, 0.717) is 0 Å². The zero-order valence-electron chi connectivity index (χ0n) is 9.26. The summed E-state index contributed by atoms with van der Waals surface area (Å²) in [6.45, 7) is 3.71. The third kappa shape index (κ3) is 2.35. The number of benzene rings is 1. The van der Waals surface area contributed by atoms with Crippen LogP contribution in [-0.4, -0.2) is 47.9 Å². The van der Waals surface area contributed by atoms with Crippen LogP contribution >= 0.6 is 0 Å². The highest BCUT2D eigenvalue weighted by Crippen LogP contribution is 2.28. The summed E-state index contributed by atoms with van der Waals surface area (Å²) in [5.41, 5.74) is 0.812. The minimum Gasteiger partial charge on any atom is -0.508 e. The third-order valence-corrected chi connectivity index (χ3v) is 3.06. The van der Waals surface area contributed by atoms with Gasteiger partial charge in [-0.15, -0.1) is 0 Å². The Balaban J connectivity index is 2.18. The predicted octanol–water partition coefficient (Wildman–Crippen LogP) is 0.331. The molecule has 0 amide bonds. The van der Waals surface area contributed by atoms with Gasteiger partial charge in [0, 0.05) is 31.7 Å². The number of phenols is 1. The fourth-order valence-electron chi connectivity index (χ4n) is 2.17. The van der Waals surface area contributed by atoms with Gasteiger partial charge >= 0.3 is 0 Å². The first-order chi connectivity index (χ1) is 7.83. The Morgan fingerprint density at radius 3 is 2.56 bits per heavy atom. The number of nitrogens with one attached hydrogen (secondary N) is 1. The zero-order valence-corrected chi connectivity index (χ0v) is 9.26. The number of aliphatic hydroxyl groups is 1. The maximum Gasteiger partial charge on any atom is 0.120 e. The number of aliphatic hydroxyl groups excluding tert-OH is 1. The SMILES string of the molecule is OC[C@@H](c1ccccc1O)N1CCNCC1. The molecule has 0 saturated carbocycles. The van der Waals surface area contributed by atoms with Gasteiger partial charge in [-0.25, -0.2) is 0 Å². The molecule has 0 aliphatic carbocycles. The molecular formula is C12H18N2O2. The molecule has 88 valence electrons. The van der Waals surface area contributed by atoms with Crippen molar-refractivity contribution in [3.05, 3.63) is 29.8 Å². The van der Waals surface area contributed by atoms with Crippen LogP contribution in [0.1, 0.15) is 11.6 Å². The summed E-state index contributed by atoms with van der Waals surface area (Å²) in [4.78, 5) is 2.20. The Hall–Kier alpha value is -1.10. The number of rotatable bonds is 3. The largest absolute Gasteiger partial charge is 0.508 e. The van der Waals surface area contributed by atoms with Crippen LogP contribution in [0.25, 0.3) is 0 Å². The summed E-state index contributed by atoms with van der Waals surface area (Å²) in [5, 5.41) is 22.5. The van der Waals surface area contributed by atoms with Crippen LogP contribution in [-0.2, 0) is 0 Å². The van der Waals surface area contributed by atoms with Gasteiger partial charge in [-0.3, -0.25) is 4.90 Å². The number of hydrogen-bond donors (Lipinski definition) is 3. The maximum atomic E-state index is 9.79. The van der Waals surface area contributed by atoms with Crippen molar-refractivity contribution in [1.29, 1.82) is 0 Å². The van der Waals surface area contributed by atoms with Gasteiger partial charge < -0.3 is 15.5 Å². The van der Waals surface area contributed by atoms with Crippen molar-refractivity contribution in [3.8, 4) is 5.75 Å². The lowest BCUT2D eigenvalue weighted by molar-refractivity contribution is 0.109. The lowest BCUT2D eigenvalue weighted by atomic mass is 10.0. The quantitative estimate of drug-likeness (QED) is 0.690. The van der Waals surface area contributed by atoms with Crippen LogP contribution < -0.4 is 5.32 Å². The number of para-hydroxylation sites is 1. The van der Waals surface area contributed by atoms with Crippen molar-refractivity contribution in [3.63, 3.8) is 0 Å². The minimum absolute atomic E-state index is 0.0393. The molecule has 16 heavy (non-hydrogen) atoms. The summed E-state index contributed by atoms with van der Waals surface area (Å²) >= 11 is 0. The van der Waals surface area contributed by atoms with Gasteiger partial charge in [0.2, 0.25) is 0 Å². The van der Waals surface area contributed by atoms with Gasteiger partial charge in [0.25, 0.3) is 0 Å². The van der Waals surface area contributed by atoms with Gasteiger partial charge in [0.1, 0.15) is 5.75 Å². The van der Waals surface area contributed by atoms with Crippen LogP contribution in [0.4, 0.5) is 0 Å². The summed E-state index contributed by atoms with van der Waals surface area (Å²) in [7, 11) is 0. The molecule has 1 aromatic carbocycles. The highest BCUT2D eigenvalue weighted by molar-refractivity contribution is 5.34. The third-order valence-electron chi connectivity index (χ3n) is 3.06. The second kappa shape index (κ2) is 5.30. The maximum absolute atomic E-state index is 9.79. The van der Waals surface area contributed by atoms with E-state index in [1.807, 2.05) is 12.1 Å². The van der Waals surface area contributed by atoms with E-state index in [4.69, 9.17) is 0 Å². The molecule has 1 aliphatic heterocycles. The first kappa shape index (κ1) is 11.4.